The number of fused-ring (bicyclic) bond motifs is 1. The first kappa shape index (κ1) is 23.2. The first-order chi connectivity index (χ1) is 16.3. The molecule has 13 nitrogen and oxygen atoms in total. The minimum atomic E-state index is -2.30. The largest absolute Gasteiger partial charge is 0.480 e. The molecule has 14 heteroatoms. The Morgan fingerprint density at radius 2 is 2.21 bits per heavy atom. The number of aliphatic carboxylic acids is 1. The van der Waals surface area contributed by atoms with Gasteiger partial charge < -0.3 is 30.4 Å². The number of nitrogens with one attached hydrogen (secondary N) is 2. The predicted octanol–water partition coefficient (Wildman–Crippen LogP) is 1.06. The molecule has 2 aromatic heterocycles. The summed E-state index contributed by atoms with van der Waals surface area (Å²) in [4.78, 5) is 33.6. The van der Waals surface area contributed by atoms with E-state index in [1.165, 1.54) is 6.07 Å². The molecule has 3 heterocycles. The number of carboxylic acid groups (broad SMARTS) is 1. The maximum absolute atomic E-state index is 14.6. The van der Waals surface area contributed by atoms with Crippen LogP contribution in [0.3, 0.4) is 0 Å². The van der Waals surface area contributed by atoms with Crippen molar-refractivity contribution < 1.29 is 29.2 Å². The molecule has 0 unspecified atom stereocenters. The molecule has 0 spiro atoms. The van der Waals surface area contributed by atoms with Crippen LogP contribution in [-0.2, 0) is 16.0 Å². The van der Waals surface area contributed by atoms with Gasteiger partial charge in [0.15, 0.2) is 12.4 Å². The number of para-hydroxylation sites is 1. The molecule has 1 aromatic carbocycles. The summed E-state index contributed by atoms with van der Waals surface area (Å²) < 4.78 is 20.6. The molecular weight excluding hydrogens is 453 g/mol. The molecule has 0 aliphatic carbocycles. The van der Waals surface area contributed by atoms with Crippen LogP contribution in [-0.4, -0.2) is 66.5 Å². The van der Waals surface area contributed by atoms with Gasteiger partial charge in [-0.3, -0.25) is 4.57 Å². The van der Waals surface area contributed by atoms with E-state index in [0.717, 1.165) is 17.1 Å². The van der Waals surface area contributed by atoms with E-state index >= 15 is 0 Å². The van der Waals surface area contributed by atoms with Crippen molar-refractivity contribution in [1.82, 2.24) is 14.5 Å². The van der Waals surface area contributed by atoms with Crippen LogP contribution in [0.5, 0.6) is 0 Å². The fraction of sp³-hybridized carbons (Fsp3) is 0.350. The number of aliphatic hydroxyl groups is 2. The van der Waals surface area contributed by atoms with E-state index in [1.54, 1.807) is 0 Å². The van der Waals surface area contributed by atoms with Crippen LogP contribution in [0.15, 0.2) is 52.5 Å². The third kappa shape index (κ3) is 4.18. The maximum atomic E-state index is 14.6. The molecule has 1 fully saturated rings. The van der Waals surface area contributed by atoms with Gasteiger partial charge in [0.25, 0.3) is 0 Å². The molecule has 178 valence electrons. The number of ether oxygens (including phenoxy) is 1. The van der Waals surface area contributed by atoms with Gasteiger partial charge in [-0.1, -0.05) is 23.3 Å². The smallest absolute Gasteiger partial charge is 0.351 e. The minimum Gasteiger partial charge on any atom is -0.480 e. The molecule has 34 heavy (non-hydrogen) atoms. The van der Waals surface area contributed by atoms with E-state index in [-0.39, 0.29) is 12.2 Å². The molecule has 0 saturated carbocycles. The number of aliphatic hydroxyl groups excluding tert-OH is 2. The number of H-pyrrole nitrogens is 1. The number of hydrogen-bond donors (Lipinski definition) is 5. The third-order valence-corrected chi connectivity index (χ3v) is 5.54. The van der Waals surface area contributed by atoms with Crippen molar-refractivity contribution in [1.29, 1.82) is 0 Å². The van der Waals surface area contributed by atoms with Gasteiger partial charge in [-0.25, -0.2) is 14.0 Å². The lowest BCUT2D eigenvalue weighted by molar-refractivity contribution is -0.137. The normalized spacial score (nSPS) is 25.1. The van der Waals surface area contributed by atoms with Gasteiger partial charge in [-0.05, 0) is 29.1 Å². The first-order valence-corrected chi connectivity index (χ1v) is 10.1. The van der Waals surface area contributed by atoms with Crippen molar-refractivity contribution in [3.8, 4) is 0 Å². The Hall–Kier alpha value is -3.97. The lowest BCUT2D eigenvalue weighted by Gasteiger charge is -2.23. The molecular formula is C20H20FN7O6. The van der Waals surface area contributed by atoms with Gasteiger partial charge in [0.2, 0.25) is 5.72 Å². The second-order valence-electron chi connectivity index (χ2n) is 7.71. The summed E-state index contributed by atoms with van der Waals surface area (Å²) in [7, 11) is 0. The van der Waals surface area contributed by atoms with E-state index < -0.39 is 48.5 Å². The zero-order valence-electron chi connectivity index (χ0n) is 17.4. The van der Waals surface area contributed by atoms with Crippen molar-refractivity contribution in [2.75, 3.05) is 11.9 Å². The van der Waals surface area contributed by atoms with Gasteiger partial charge in [0, 0.05) is 28.7 Å². The number of halogens is 1. The second kappa shape index (κ2) is 9.11. The van der Waals surface area contributed by atoms with Crippen molar-refractivity contribution in [2.45, 2.75) is 36.7 Å². The third-order valence-electron chi connectivity index (χ3n) is 5.54. The van der Waals surface area contributed by atoms with Crippen LogP contribution in [0, 0.1) is 0 Å². The van der Waals surface area contributed by atoms with Crippen molar-refractivity contribution in [3.05, 3.63) is 69.2 Å². The van der Waals surface area contributed by atoms with E-state index in [4.69, 9.17) is 10.3 Å². The molecule has 1 aliphatic heterocycles. The van der Waals surface area contributed by atoms with E-state index in [9.17, 15) is 29.3 Å². The fourth-order valence-electron chi connectivity index (χ4n) is 3.81. The summed E-state index contributed by atoms with van der Waals surface area (Å²) in [5.74, 6) is -1.26. The standard InChI is InChI=1S/C20H20FN7O6/c21-15-16(30)20(9-29,26-27-22)34-17(15)28-6-5-14(25-19(28)33)24-13(18(31)32)8-11-7-10-3-1-2-4-12(10)23-11/h1-7,13,15-17,23,29-30H,8-9H2,(H,31,32)(H,24,25,33)/t13-,15+,16+,17-,20-/m1/s1. The number of benzene rings is 1. The molecule has 5 N–H and O–H groups in total. The van der Waals surface area contributed by atoms with E-state index in [0.29, 0.717) is 10.3 Å². The summed E-state index contributed by atoms with van der Waals surface area (Å²) >= 11 is 0. The fourth-order valence-corrected chi connectivity index (χ4v) is 3.81. The first-order valence-electron chi connectivity index (χ1n) is 10.1. The van der Waals surface area contributed by atoms with Crippen LogP contribution < -0.4 is 11.0 Å². The Balaban J connectivity index is 1.54. The van der Waals surface area contributed by atoms with Crippen molar-refractivity contribution in [3.63, 3.8) is 0 Å². The van der Waals surface area contributed by atoms with E-state index in [1.807, 2.05) is 30.3 Å². The van der Waals surface area contributed by atoms with Gasteiger partial charge in [0.05, 0.1) is 6.61 Å². The lowest BCUT2D eigenvalue weighted by Crippen LogP contribution is -2.43. The van der Waals surface area contributed by atoms with Crippen molar-refractivity contribution >= 4 is 22.7 Å². The number of anilines is 1. The number of aromatic amines is 1. The predicted molar refractivity (Wildman–Crippen MR) is 116 cm³/mol. The number of aromatic nitrogens is 3. The van der Waals surface area contributed by atoms with Gasteiger partial charge in [0.1, 0.15) is 18.0 Å². The number of alkyl halides is 1. The maximum Gasteiger partial charge on any atom is 0.351 e. The molecule has 0 radical (unpaired) electrons. The molecule has 4 rings (SSSR count). The van der Waals surface area contributed by atoms with Gasteiger partial charge >= 0.3 is 11.7 Å². The molecule has 0 bridgehead atoms. The SMILES string of the molecule is [N-]=[N+]=N[C@]1(CO)O[C@@H](n2ccc(N[C@H](Cc3cc4ccccc4[nH]3)C(=O)O)nc2=O)[C@@H](F)[C@@H]1O. The molecule has 0 amide bonds. The lowest BCUT2D eigenvalue weighted by atomic mass is 10.1. The van der Waals surface area contributed by atoms with Crippen LogP contribution in [0.2, 0.25) is 0 Å². The topological polar surface area (TPSA) is 198 Å². The number of hydrogen-bond acceptors (Lipinski definition) is 8. The van der Waals surface area contributed by atoms with E-state index in [2.05, 4.69) is 25.3 Å². The highest BCUT2D eigenvalue weighted by molar-refractivity contribution is 5.81. The highest BCUT2D eigenvalue weighted by Gasteiger charge is 2.56. The summed E-state index contributed by atoms with van der Waals surface area (Å²) in [6, 6.07) is 9.36. The monoisotopic (exact) mass is 473 g/mol. The minimum absolute atomic E-state index is 0.0600. The van der Waals surface area contributed by atoms with Crippen molar-refractivity contribution in [2.24, 2.45) is 5.11 Å². The van der Waals surface area contributed by atoms with Crippen LogP contribution in [0.1, 0.15) is 11.9 Å². The average molecular weight is 473 g/mol. The Morgan fingerprint density at radius 3 is 2.85 bits per heavy atom. The quantitative estimate of drug-likeness (QED) is 0.182. The number of azide groups is 1. The summed E-state index contributed by atoms with van der Waals surface area (Å²) in [5, 5.41) is 35.8. The van der Waals surface area contributed by atoms with Crippen LogP contribution >= 0.6 is 0 Å². The summed E-state index contributed by atoms with van der Waals surface area (Å²) in [5.41, 5.74) is 6.83. The zero-order valence-corrected chi connectivity index (χ0v) is 17.4. The Morgan fingerprint density at radius 1 is 1.44 bits per heavy atom. The average Bonchev–Trinajstić information content (AvgIpc) is 3.33. The summed E-state index contributed by atoms with van der Waals surface area (Å²) in [6.07, 6.45) is -4.83. The molecule has 1 saturated heterocycles. The van der Waals surface area contributed by atoms with Gasteiger partial charge in [-0.2, -0.15) is 4.98 Å². The van der Waals surface area contributed by atoms with Gasteiger partial charge in [-0.15, -0.1) is 0 Å². The number of carbonyl (C=O) groups is 1. The molecule has 3 aromatic rings. The number of carboxylic acids is 1. The van der Waals surface area contributed by atoms with Crippen LogP contribution in [0.25, 0.3) is 21.3 Å². The Labute approximate surface area is 190 Å². The highest BCUT2D eigenvalue weighted by atomic mass is 19.1. The number of nitrogens with zero attached hydrogens (tertiary/aromatic N) is 5. The Bertz CT molecular complexity index is 1290. The summed E-state index contributed by atoms with van der Waals surface area (Å²) in [6.45, 7) is -1.02. The Kier molecular flexibility index (Phi) is 6.22. The zero-order chi connectivity index (χ0) is 24.5. The molecule has 1 aliphatic rings. The second-order valence-corrected chi connectivity index (χ2v) is 7.71. The number of rotatable bonds is 8. The molecule has 5 atom stereocenters. The highest BCUT2D eigenvalue weighted by Crippen LogP contribution is 2.39. The van der Waals surface area contributed by atoms with Crippen LogP contribution in [0.4, 0.5) is 10.2 Å².